The summed E-state index contributed by atoms with van der Waals surface area (Å²) in [6.07, 6.45) is 4.12. The van der Waals surface area contributed by atoms with Crippen molar-refractivity contribution in [3.63, 3.8) is 0 Å². The van der Waals surface area contributed by atoms with Crippen LogP contribution in [-0.4, -0.2) is 58.0 Å². The van der Waals surface area contributed by atoms with E-state index in [9.17, 15) is 18.0 Å². The maximum Gasteiger partial charge on any atom is 0.264 e. The molecule has 0 radical (unpaired) electrons. The molecule has 0 aromatic heterocycles. The van der Waals surface area contributed by atoms with Gasteiger partial charge in [0.1, 0.15) is 24.1 Å². The number of nitrogens with one attached hydrogen (secondary N) is 1. The van der Waals surface area contributed by atoms with Crippen molar-refractivity contribution in [2.45, 2.75) is 69.5 Å². The van der Waals surface area contributed by atoms with Crippen molar-refractivity contribution in [3.8, 4) is 11.5 Å². The van der Waals surface area contributed by atoms with Crippen LogP contribution in [0.3, 0.4) is 0 Å². The minimum absolute atomic E-state index is 0.0000193. The Bertz CT molecular complexity index is 1610. The van der Waals surface area contributed by atoms with Crippen LogP contribution >= 0.6 is 23.2 Å². The number of amides is 2. The fourth-order valence-corrected chi connectivity index (χ4v) is 7.20. The second-order valence-electron chi connectivity index (χ2n) is 11.0. The predicted octanol–water partition coefficient (Wildman–Crippen LogP) is 6.38. The minimum Gasteiger partial charge on any atom is -0.497 e. The molecule has 9 nitrogen and oxygen atoms in total. The van der Waals surface area contributed by atoms with Crippen LogP contribution in [0.5, 0.6) is 11.5 Å². The van der Waals surface area contributed by atoms with E-state index in [0.717, 1.165) is 35.6 Å². The monoisotopic (exact) mass is 675 g/mol. The van der Waals surface area contributed by atoms with Crippen molar-refractivity contribution in [1.29, 1.82) is 0 Å². The number of nitrogens with zero attached hydrogens (tertiary/aromatic N) is 2. The number of hydrogen-bond acceptors (Lipinski definition) is 6. The molecule has 0 aliphatic heterocycles. The number of carbonyl (C=O) groups is 2. The first-order valence-electron chi connectivity index (χ1n) is 14.8. The summed E-state index contributed by atoms with van der Waals surface area (Å²) in [6.45, 7) is 3.05. The molecule has 0 bridgehead atoms. The molecule has 1 aliphatic carbocycles. The normalized spacial score (nSPS) is 14.1. The second kappa shape index (κ2) is 15.2. The van der Waals surface area contributed by atoms with Crippen molar-refractivity contribution in [1.82, 2.24) is 10.2 Å². The maximum absolute atomic E-state index is 14.4. The Balaban J connectivity index is 1.79. The van der Waals surface area contributed by atoms with Crippen molar-refractivity contribution in [3.05, 3.63) is 81.8 Å². The SMILES string of the molecule is CC[C@@H](C(=O)NC1CCCC1)N(Cc1ccc(Cl)c(Cl)c1)C(=O)CN(c1cc(OC)ccc1OC)S(=O)(=O)c1ccc(C)cc1. The van der Waals surface area contributed by atoms with Crippen molar-refractivity contribution in [2.75, 3.05) is 25.1 Å². The van der Waals surface area contributed by atoms with Crippen molar-refractivity contribution < 1.29 is 27.5 Å². The highest BCUT2D eigenvalue weighted by molar-refractivity contribution is 7.92. The zero-order valence-electron chi connectivity index (χ0n) is 25.9. The van der Waals surface area contributed by atoms with Gasteiger partial charge in [-0.2, -0.15) is 0 Å². The lowest BCUT2D eigenvalue weighted by molar-refractivity contribution is -0.140. The molecule has 0 unspecified atom stereocenters. The van der Waals surface area contributed by atoms with E-state index in [0.29, 0.717) is 27.8 Å². The molecule has 0 spiro atoms. The molecule has 3 aromatic rings. The molecular formula is C33H39Cl2N3O6S. The van der Waals surface area contributed by atoms with Crippen LogP contribution in [0.4, 0.5) is 5.69 Å². The molecular weight excluding hydrogens is 637 g/mol. The summed E-state index contributed by atoms with van der Waals surface area (Å²) in [5.74, 6) is -0.279. The lowest BCUT2D eigenvalue weighted by Gasteiger charge is -2.34. The van der Waals surface area contributed by atoms with Gasteiger partial charge in [-0.15, -0.1) is 0 Å². The lowest BCUT2D eigenvalue weighted by atomic mass is 10.1. The molecule has 2 amide bonds. The largest absolute Gasteiger partial charge is 0.497 e. The molecule has 3 aromatic carbocycles. The molecule has 1 atom stereocenters. The van der Waals surface area contributed by atoms with Crippen LogP contribution in [-0.2, 0) is 26.2 Å². The van der Waals surface area contributed by atoms with E-state index in [1.807, 2.05) is 13.8 Å². The standard InChI is InChI=1S/C33H39Cl2N3O6S/c1-5-29(33(40)36-24-8-6-7-9-24)37(20-23-12-16-27(34)28(35)18-23)32(39)21-38(30-19-25(43-3)13-17-31(30)44-4)45(41,42)26-14-10-22(2)11-15-26/h10-19,24,29H,5-9,20-21H2,1-4H3,(H,36,40)/t29-/m0/s1. The summed E-state index contributed by atoms with van der Waals surface area (Å²) in [5, 5.41) is 3.76. The number of anilines is 1. The quantitative estimate of drug-likeness (QED) is 0.225. The van der Waals surface area contributed by atoms with Crippen LogP contribution in [0.2, 0.25) is 10.0 Å². The number of hydrogen-bond donors (Lipinski definition) is 1. The smallest absolute Gasteiger partial charge is 0.264 e. The van der Waals surface area contributed by atoms with E-state index in [2.05, 4.69) is 5.32 Å². The molecule has 45 heavy (non-hydrogen) atoms. The zero-order chi connectivity index (χ0) is 32.7. The second-order valence-corrected chi connectivity index (χ2v) is 13.7. The average Bonchev–Trinajstić information content (AvgIpc) is 3.54. The van der Waals surface area contributed by atoms with Crippen LogP contribution in [0.25, 0.3) is 0 Å². The number of ether oxygens (including phenoxy) is 2. The van der Waals surface area contributed by atoms with E-state index >= 15 is 0 Å². The topological polar surface area (TPSA) is 105 Å². The van der Waals surface area contributed by atoms with E-state index < -0.39 is 28.5 Å². The number of sulfonamides is 1. The summed E-state index contributed by atoms with van der Waals surface area (Å²) in [4.78, 5) is 29.5. The molecule has 4 rings (SSSR count). The first-order valence-corrected chi connectivity index (χ1v) is 17.0. The fourth-order valence-electron chi connectivity index (χ4n) is 5.46. The Labute approximate surface area is 275 Å². The van der Waals surface area contributed by atoms with Crippen LogP contribution < -0.4 is 19.1 Å². The van der Waals surface area contributed by atoms with Crippen molar-refractivity contribution in [2.24, 2.45) is 0 Å². The molecule has 1 saturated carbocycles. The Morgan fingerprint density at radius 1 is 0.956 bits per heavy atom. The summed E-state index contributed by atoms with van der Waals surface area (Å²) in [7, 11) is -1.42. The van der Waals surface area contributed by atoms with Gasteiger partial charge in [-0.1, -0.05) is 66.7 Å². The molecule has 242 valence electrons. The summed E-state index contributed by atoms with van der Waals surface area (Å²) >= 11 is 12.5. The lowest BCUT2D eigenvalue weighted by Crippen LogP contribution is -2.53. The number of rotatable bonds is 13. The van der Waals surface area contributed by atoms with Gasteiger partial charge in [0, 0.05) is 18.7 Å². The molecule has 12 heteroatoms. The van der Waals surface area contributed by atoms with E-state index in [-0.39, 0.29) is 34.8 Å². The Morgan fingerprint density at radius 2 is 1.64 bits per heavy atom. The highest BCUT2D eigenvalue weighted by Crippen LogP contribution is 2.36. The maximum atomic E-state index is 14.4. The van der Waals surface area contributed by atoms with Gasteiger partial charge in [-0.3, -0.25) is 13.9 Å². The zero-order valence-corrected chi connectivity index (χ0v) is 28.2. The first kappa shape index (κ1) is 34.4. The summed E-state index contributed by atoms with van der Waals surface area (Å²) in [6, 6.07) is 15.2. The number of aryl methyl sites for hydroxylation is 1. The Morgan fingerprint density at radius 3 is 2.24 bits per heavy atom. The highest BCUT2D eigenvalue weighted by atomic mass is 35.5. The van der Waals surface area contributed by atoms with Gasteiger partial charge in [-0.25, -0.2) is 8.42 Å². The van der Waals surface area contributed by atoms with Crippen molar-refractivity contribution >= 4 is 50.7 Å². The number of benzene rings is 3. The van der Waals surface area contributed by atoms with Gasteiger partial charge in [0.2, 0.25) is 11.8 Å². The Hall–Kier alpha value is -3.47. The third-order valence-electron chi connectivity index (χ3n) is 7.97. The fraction of sp³-hybridized carbons (Fsp3) is 0.394. The van der Waals surface area contributed by atoms with Gasteiger partial charge < -0.3 is 19.7 Å². The minimum atomic E-state index is -4.30. The van der Waals surface area contributed by atoms with Gasteiger partial charge >= 0.3 is 0 Å². The molecule has 0 heterocycles. The van der Waals surface area contributed by atoms with Gasteiger partial charge in [0.05, 0.1) is 34.8 Å². The van der Waals surface area contributed by atoms with Gasteiger partial charge in [0.15, 0.2) is 0 Å². The van der Waals surface area contributed by atoms with Crippen LogP contribution in [0.1, 0.15) is 50.2 Å². The third kappa shape index (κ3) is 8.23. The van der Waals surface area contributed by atoms with Gasteiger partial charge in [-0.05, 0) is 68.1 Å². The third-order valence-corrected chi connectivity index (χ3v) is 10.5. The van der Waals surface area contributed by atoms with E-state index in [4.69, 9.17) is 32.7 Å². The summed E-state index contributed by atoms with van der Waals surface area (Å²) in [5.41, 5.74) is 1.63. The Kier molecular flexibility index (Phi) is 11.6. The van der Waals surface area contributed by atoms with E-state index in [1.165, 1.54) is 37.3 Å². The number of halogens is 2. The van der Waals surface area contributed by atoms with Crippen LogP contribution in [0.15, 0.2) is 65.6 Å². The molecule has 1 N–H and O–H groups in total. The van der Waals surface area contributed by atoms with E-state index in [1.54, 1.807) is 42.5 Å². The van der Waals surface area contributed by atoms with Gasteiger partial charge in [0.25, 0.3) is 10.0 Å². The number of carbonyl (C=O) groups excluding carboxylic acids is 2. The molecule has 0 saturated heterocycles. The highest BCUT2D eigenvalue weighted by Gasteiger charge is 2.35. The number of methoxy groups -OCH3 is 2. The average molecular weight is 677 g/mol. The predicted molar refractivity (Wildman–Crippen MR) is 177 cm³/mol. The summed E-state index contributed by atoms with van der Waals surface area (Å²) < 4.78 is 40.5. The van der Waals surface area contributed by atoms with Crippen LogP contribution in [0, 0.1) is 6.92 Å². The first-order chi connectivity index (χ1) is 21.5. The molecule has 1 aliphatic rings. The molecule has 1 fully saturated rings.